The summed E-state index contributed by atoms with van der Waals surface area (Å²) in [4.78, 5) is 0.263. The van der Waals surface area contributed by atoms with Gasteiger partial charge in [-0.1, -0.05) is 17.7 Å². The number of hydrogen-bond donors (Lipinski definition) is 1. The highest BCUT2D eigenvalue weighted by molar-refractivity contribution is 7.89. The van der Waals surface area contributed by atoms with Crippen molar-refractivity contribution in [3.63, 3.8) is 0 Å². The molecule has 2 N–H and O–H groups in total. The Hall–Kier alpha value is -1.56. The van der Waals surface area contributed by atoms with Crippen LogP contribution in [0.2, 0.25) is 5.02 Å². The number of hydrogen-bond acceptors (Lipinski definition) is 3. The van der Waals surface area contributed by atoms with Crippen molar-refractivity contribution in [3.8, 4) is 0 Å². The molecule has 0 radical (unpaired) electrons. The van der Waals surface area contributed by atoms with Gasteiger partial charge in [-0.3, -0.25) is 0 Å². The Morgan fingerprint density at radius 2 is 1.76 bits per heavy atom. The molecule has 0 aromatic heterocycles. The second kappa shape index (κ2) is 5.33. The third-order valence-electron chi connectivity index (χ3n) is 3.66. The van der Waals surface area contributed by atoms with Gasteiger partial charge in [-0.15, -0.1) is 0 Å². The van der Waals surface area contributed by atoms with Crippen molar-refractivity contribution >= 4 is 27.3 Å². The molecule has 110 valence electrons. The Labute approximate surface area is 129 Å². The Bertz CT molecular complexity index is 773. The molecule has 21 heavy (non-hydrogen) atoms. The van der Waals surface area contributed by atoms with E-state index < -0.39 is 10.0 Å². The first kappa shape index (κ1) is 14.4. The molecule has 0 saturated heterocycles. The smallest absolute Gasteiger partial charge is 0.243 e. The van der Waals surface area contributed by atoms with Gasteiger partial charge in [0.05, 0.1) is 4.90 Å². The average Bonchev–Trinajstić information content (AvgIpc) is 2.47. The van der Waals surface area contributed by atoms with Gasteiger partial charge in [-0.25, -0.2) is 8.42 Å². The molecule has 4 nitrogen and oxygen atoms in total. The third-order valence-corrected chi connectivity index (χ3v) is 5.77. The van der Waals surface area contributed by atoms with E-state index in [1.165, 1.54) is 16.4 Å². The Balaban J connectivity index is 1.93. The van der Waals surface area contributed by atoms with E-state index in [4.69, 9.17) is 17.3 Å². The molecule has 3 rings (SSSR count). The summed E-state index contributed by atoms with van der Waals surface area (Å²) >= 11 is 5.81. The fraction of sp³-hybridized carbons (Fsp3) is 0.200. The van der Waals surface area contributed by atoms with E-state index in [0.29, 0.717) is 30.2 Å². The molecule has 2 aromatic carbocycles. The highest BCUT2D eigenvalue weighted by Gasteiger charge is 2.28. The SMILES string of the molecule is Nc1ccc2c(c1)CN(S(=O)(=O)c1ccc(Cl)cc1)CC2. The van der Waals surface area contributed by atoms with Crippen molar-refractivity contribution in [2.24, 2.45) is 0 Å². The normalized spacial score (nSPS) is 15.7. The molecule has 0 atom stereocenters. The zero-order valence-corrected chi connectivity index (χ0v) is 12.9. The number of nitrogen functional groups attached to an aromatic ring is 1. The first-order chi connectivity index (χ1) is 9.96. The summed E-state index contributed by atoms with van der Waals surface area (Å²) in [7, 11) is -3.50. The maximum atomic E-state index is 12.6. The molecule has 0 unspecified atom stereocenters. The van der Waals surface area contributed by atoms with Crippen LogP contribution in [0.15, 0.2) is 47.4 Å². The molecule has 0 aliphatic carbocycles. The summed E-state index contributed by atoms with van der Waals surface area (Å²) in [6.45, 7) is 0.827. The van der Waals surface area contributed by atoms with E-state index in [9.17, 15) is 8.42 Å². The van der Waals surface area contributed by atoms with Gasteiger partial charge in [0.2, 0.25) is 10.0 Å². The molecule has 0 bridgehead atoms. The predicted octanol–water partition coefficient (Wildman–Crippen LogP) is 2.67. The molecular formula is C15H15ClN2O2S. The third kappa shape index (κ3) is 2.77. The number of benzene rings is 2. The predicted molar refractivity (Wildman–Crippen MR) is 83.6 cm³/mol. The zero-order chi connectivity index (χ0) is 15.0. The quantitative estimate of drug-likeness (QED) is 0.865. The van der Waals surface area contributed by atoms with Crippen LogP contribution in [0.25, 0.3) is 0 Å². The molecule has 1 aliphatic rings. The summed E-state index contributed by atoms with van der Waals surface area (Å²) in [5.41, 5.74) is 8.56. The number of fused-ring (bicyclic) bond motifs is 1. The maximum Gasteiger partial charge on any atom is 0.243 e. The van der Waals surface area contributed by atoms with Crippen molar-refractivity contribution in [2.45, 2.75) is 17.9 Å². The Morgan fingerprint density at radius 3 is 2.48 bits per heavy atom. The van der Waals surface area contributed by atoms with Gasteiger partial charge in [0.1, 0.15) is 0 Å². The van der Waals surface area contributed by atoms with Crippen molar-refractivity contribution in [2.75, 3.05) is 12.3 Å². The molecule has 1 aliphatic heterocycles. The topological polar surface area (TPSA) is 63.4 Å². The van der Waals surface area contributed by atoms with Gasteiger partial charge in [-0.05, 0) is 53.9 Å². The van der Waals surface area contributed by atoms with Crippen LogP contribution in [-0.2, 0) is 23.0 Å². The first-order valence-electron chi connectivity index (χ1n) is 6.60. The number of nitrogens with two attached hydrogens (primary N) is 1. The van der Waals surface area contributed by atoms with Crippen molar-refractivity contribution in [1.29, 1.82) is 0 Å². The van der Waals surface area contributed by atoms with Crippen LogP contribution >= 0.6 is 11.6 Å². The van der Waals surface area contributed by atoms with Gasteiger partial charge in [-0.2, -0.15) is 4.31 Å². The van der Waals surface area contributed by atoms with Crippen molar-refractivity contribution < 1.29 is 8.42 Å². The van der Waals surface area contributed by atoms with Crippen LogP contribution in [0.4, 0.5) is 5.69 Å². The van der Waals surface area contributed by atoms with Gasteiger partial charge >= 0.3 is 0 Å². The lowest BCUT2D eigenvalue weighted by atomic mass is 10.0. The van der Waals surface area contributed by atoms with E-state index in [0.717, 1.165) is 11.1 Å². The number of anilines is 1. The Morgan fingerprint density at radius 1 is 1.05 bits per heavy atom. The number of nitrogens with zero attached hydrogens (tertiary/aromatic N) is 1. The molecule has 2 aromatic rings. The highest BCUT2D eigenvalue weighted by Crippen LogP contribution is 2.26. The second-order valence-corrected chi connectivity index (χ2v) is 7.45. The fourth-order valence-electron chi connectivity index (χ4n) is 2.51. The van der Waals surface area contributed by atoms with Crippen molar-refractivity contribution in [3.05, 3.63) is 58.6 Å². The van der Waals surface area contributed by atoms with Crippen LogP contribution in [-0.4, -0.2) is 19.3 Å². The summed E-state index contributed by atoms with van der Waals surface area (Å²) in [6, 6.07) is 11.9. The number of sulfonamides is 1. The van der Waals surface area contributed by atoms with E-state index in [1.54, 1.807) is 12.1 Å². The second-order valence-electron chi connectivity index (χ2n) is 5.07. The number of rotatable bonds is 2. The maximum absolute atomic E-state index is 12.6. The minimum atomic E-state index is -3.50. The van der Waals surface area contributed by atoms with E-state index in [-0.39, 0.29) is 4.90 Å². The lowest BCUT2D eigenvalue weighted by molar-refractivity contribution is 0.391. The molecule has 6 heteroatoms. The lowest BCUT2D eigenvalue weighted by Gasteiger charge is -2.28. The lowest BCUT2D eigenvalue weighted by Crippen LogP contribution is -2.36. The Kier molecular flexibility index (Phi) is 3.65. The van der Waals surface area contributed by atoms with Gasteiger partial charge in [0, 0.05) is 23.8 Å². The molecule has 0 amide bonds. The molecular weight excluding hydrogens is 308 g/mol. The van der Waals surface area contributed by atoms with Crippen molar-refractivity contribution in [1.82, 2.24) is 4.31 Å². The van der Waals surface area contributed by atoms with E-state index >= 15 is 0 Å². The van der Waals surface area contributed by atoms with Gasteiger partial charge in [0.25, 0.3) is 0 Å². The van der Waals surface area contributed by atoms with Crippen LogP contribution in [0, 0.1) is 0 Å². The monoisotopic (exact) mass is 322 g/mol. The fourth-order valence-corrected chi connectivity index (χ4v) is 4.06. The van der Waals surface area contributed by atoms with Crippen LogP contribution in [0.1, 0.15) is 11.1 Å². The first-order valence-corrected chi connectivity index (χ1v) is 8.41. The molecule has 0 fully saturated rings. The van der Waals surface area contributed by atoms with E-state index in [1.807, 2.05) is 18.2 Å². The van der Waals surface area contributed by atoms with Crippen LogP contribution in [0.5, 0.6) is 0 Å². The number of halogens is 1. The minimum absolute atomic E-state index is 0.263. The van der Waals surface area contributed by atoms with Crippen LogP contribution < -0.4 is 5.73 Å². The standard InChI is InChI=1S/C15H15ClN2O2S/c16-13-2-5-15(6-3-13)21(19,20)18-8-7-11-1-4-14(17)9-12(11)10-18/h1-6,9H,7-8,10,17H2. The summed E-state index contributed by atoms with van der Waals surface area (Å²) in [6.07, 6.45) is 0.697. The van der Waals surface area contributed by atoms with Gasteiger partial charge < -0.3 is 5.73 Å². The largest absolute Gasteiger partial charge is 0.399 e. The highest BCUT2D eigenvalue weighted by atomic mass is 35.5. The van der Waals surface area contributed by atoms with E-state index in [2.05, 4.69) is 0 Å². The molecule has 0 saturated carbocycles. The van der Waals surface area contributed by atoms with Crippen LogP contribution in [0.3, 0.4) is 0 Å². The average molecular weight is 323 g/mol. The summed E-state index contributed by atoms with van der Waals surface area (Å²) < 4.78 is 26.8. The molecule has 0 spiro atoms. The molecule has 1 heterocycles. The minimum Gasteiger partial charge on any atom is -0.399 e. The zero-order valence-electron chi connectivity index (χ0n) is 11.3. The summed E-state index contributed by atoms with van der Waals surface area (Å²) in [5, 5.41) is 0.519. The summed E-state index contributed by atoms with van der Waals surface area (Å²) in [5.74, 6) is 0. The van der Waals surface area contributed by atoms with Gasteiger partial charge in [0.15, 0.2) is 0 Å².